The third-order valence-corrected chi connectivity index (χ3v) is 5.90. The number of carbonyl (C=O) groups excluding carboxylic acids is 3. The summed E-state index contributed by atoms with van der Waals surface area (Å²) in [7, 11) is 0. The molecule has 0 saturated carbocycles. The van der Waals surface area contributed by atoms with Gasteiger partial charge in [-0.3, -0.25) is 19.2 Å². The van der Waals surface area contributed by atoms with Gasteiger partial charge in [-0.2, -0.15) is 0 Å². The molecule has 4 atom stereocenters. The Hall–Kier alpha value is -3.92. The first-order valence-electron chi connectivity index (χ1n) is 11.8. The summed E-state index contributed by atoms with van der Waals surface area (Å²) in [6, 6.07) is 12.1. The summed E-state index contributed by atoms with van der Waals surface area (Å²) in [5, 5.41) is 26.1. The fourth-order valence-electron chi connectivity index (χ4n) is 3.47. The second-order valence-electron chi connectivity index (χ2n) is 8.71. The van der Waals surface area contributed by atoms with Crippen molar-refractivity contribution in [1.29, 1.82) is 0 Å². The van der Waals surface area contributed by atoms with E-state index in [0.29, 0.717) is 12.0 Å². The summed E-state index contributed by atoms with van der Waals surface area (Å²) in [6.45, 7) is 3.14. The summed E-state index contributed by atoms with van der Waals surface area (Å²) in [4.78, 5) is 49.8. The highest BCUT2D eigenvalue weighted by atomic mass is 16.4. The van der Waals surface area contributed by atoms with Crippen molar-refractivity contribution < 1.29 is 29.4 Å². The number of aliphatic carboxylic acids is 1. The number of nitrogens with one attached hydrogen (secondary N) is 3. The average Bonchev–Trinajstić information content (AvgIpc) is 2.87. The number of amides is 3. The molecule has 0 spiro atoms. The minimum atomic E-state index is -1.22. The SMILES string of the molecule is CCC(C)C(N)C(=O)NC(Cc1ccc(O)cc1)C(=O)NC(Cc1ccccc1)C(=O)NCC(=O)O. The van der Waals surface area contributed by atoms with Gasteiger partial charge in [0.2, 0.25) is 17.7 Å². The number of carboxylic acids is 1. The number of aromatic hydroxyl groups is 1. The second-order valence-corrected chi connectivity index (χ2v) is 8.71. The highest BCUT2D eigenvalue weighted by Gasteiger charge is 2.29. The van der Waals surface area contributed by atoms with E-state index in [2.05, 4.69) is 16.0 Å². The van der Waals surface area contributed by atoms with Crippen LogP contribution >= 0.6 is 0 Å². The van der Waals surface area contributed by atoms with Gasteiger partial charge in [0.15, 0.2) is 0 Å². The second kappa shape index (κ2) is 13.8. The maximum absolute atomic E-state index is 13.3. The molecule has 0 fully saturated rings. The predicted octanol–water partition coefficient (Wildman–Crippen LogP) is 0.721. The van der Waals surface area contributed by atoms with Crippen molar-refractivity contribution in [2.75, 3.05) is 6.54 Å². The highest BCUT2D eigenvalue weighted by Crippen LogP contribution is 2.13. The molecule has 2 aromatic rings. The van der Waals surface area contributed by atoms with E-state index in [4.69, 9.17) is 10.8 Å². The normalized spacial score (nSPS) is 14.1. The van der Waals surface area contributed by atoms with Crippen LogP contribution in [0, 0.1) is 5.92 Å². The van der Waals surface area contributed by atoms with Gasteiger partial charge in [0, 0.05) is 12.8 Å². The molecule has 0 aliphatic rings. The predicted molar refractivity (Wildman–Crippen MR) is 134 cm³/mol. The third kappa shape index (κ3) is 9.03. The van der Waals surface area contributed by atoms with E-state index in [1.165, 1.54) is 12.1 Å². The van der Waals surface area contributed by atoms with Crippen LogP contribution < -0.4 is 21.7 Å². The van der Waals surface area contributed by atoms with E-state index in [-0.39, 0.29) is 24.5 Å². The Morgan fingerprint density at radius 1 is 0.833 bits per heavy atom. The molecule has 0 radical (unpaired) electrons. The monoisotopic (exact) mass is 498 g/mol. The number of hydrogen-bond donors (Lipinski definition) is 6. The van der Waals surface area contributed by atoms with E-state index < -0.39 is 48.4 Å². The van der Waals surface area contributed by atoms with Gasteiger partial charge in [0.25, 0.3) is 0 Å². The van der Waals surface area contributed by atoms with Crippen LogP contribution in [0.1, 0.15) is 31.4 Å². The number of rotatable bonds is 13. The Bertz CT molecular complexity index is 1030. The molecular formula is C26H34N4O6. The highest BCUT2D eigenvalue weighted by molar-refractivity contribution is 5.94. The molecule has 10 heteroatoms. The molecule has 4 unspecified atom stereocenters. The van der Waals surface area contributed by atoms with E-state index in [1.54, 1.807) is 36.4 Å². The smallest absolute Gasteiger partial charge is 0.322 e. The zero-order valence-electron chi connectivity index (χ0n) is 20.4. The lowest BCUT2D eigenvalue weighted by Gasteiger charge is -2.25. The minimum Gasteiger partial charge on any atom is -0.508 e. The average molecular weight is 499 g/mol. The first kappa shape index (κ1) is 28.3. The van der Waals surface area contributed by atoms with Gasteiger partial charge in [-0.25, -0.2) is 0 Å². The largest absolute Gasteiger partial charge is 0.508 e. The lowest BCUT2D eigenvalue weighted by atomic mass is 9.98. The molecule has 3 amide bonds. The number of phenols is 1. The molecular weight excluding hydrogens is 464 g/mol. The van der Waals surface area contributed by atoms with Crippen molar-refractivity contribution in [3.8, 4) is 5.75 Å². The molecule has 10 nitrogen and oxygen atoms in total. The summed E-state index contributed by atoms with van der Waals surface area (Å²) < 4.78 is 0. The molecule has 0 aliphatic carbocycles. The Morgan fingerprint density at radius 2 is 1.36 bits per heavy atom. The van der Waals surface area contributed by atoms with Crippen LogP contribution in [-0.2, 0) is 32.0 Å². The summed E-state index contributed by atoms with van der Waals surface area (Å²) in [5.41, 5.74) is 7.48. The van der Waals surface area contributed by atoms with Gasteiger partial charge in [-0.05, 0) is 29.2 Å². The van der Waals surface area contributed by atoms with Crippen molar-refractivity contribution in [2.45, 2.75) is 51.2 Å². The number of carboxylic acid groups (broad SMARTS) is 1. The molecule has 36 heavy (non-hydrogen) atoms. The van der Waals surface area contributed by atoms with Gasteiger partial charge in [-0.15, -0.1) is 0 Å². The fraction of sp³-hybridized carbons (Fsp3) is 0.385. The molecule has 0 aliphatic heterocycles. The summed E-state index contributed by atoms with van der Waals surface area (Å²) in [5.74, 6) is -3.07. The molecule has 0 heterocycles. The lowest BCUT2D eigenvalue weighted by molar-refractivity contribution is -0.138. The molecule has 0 saturated heterocycles. The van der Waals surface area contributed by atoms with Crippen LogP contribution in [0.4, 0.5) is 0 Å². The van der Waals surface area contributed by atoms with Crippen LogP contribution in [0.2, 0.25) is 0 Å². The van der Waals surface area contributed by atoms with Crippen LogP contribution in [0.5, 0.6) is 5.75 Å². The van der Waals surface area contributed by atoms with Crippen molar-refractivity contribution in [3.63, 3.8) is 0 Å². The van der Waals surface area contributed by atoms with E-state index in [0.717, 1.165) is 5.56 Å². The molecule has 2 rings (SSSR count). The molecule has 7 N–H and O–H groups in total. The number of phenolic OH excluding ortho intramolecular Hbond substituents is 1. The summed E-state index contributed by atoms with van der Waals surface area (Å²) >= 11 is 0. The standard InChI is InChI=1S/C26H34N4O6/c1-3-16(2)23(27)26(36)30-21(14-18-9-11-19(31)12-10-18)25(35)29-20(24(34)28-15-22(32)33)13-17-7-5-4-6-8-17/h4-12,16,20-21,23,31H,3,13-15,27H2,1-2H3,(H,28,34)(H,29,35)(H,30,36)(H,32,33). The van der Waals surface area contributed by atoms with Gasteiger partial charge < -0.3 is 31.9 Å². The van der Waals surface area contributed by atoms with E-state index in [1.807, 2.05) is 19.9 Å². The van der Waals surface area contributed by atoms with Crippen LogP contribution in [0.25, 0.3) is 0 Å². The Kier molecular flexibility index (Phi) is 10.9. The Balaban J connectivity index is 2.26. The maximum atomic E-state index is 13.3. The first-order valence-corrected chi connectivity index (χ1v) is 11.8. The lowest BCUT2D eigenvalue weighted by Crippen LogP contribution is -2.57. The van der Waals surface area contributed by atoms with Crippen LogP contribution in [-0.4, -0.2) is 58.6 Å². The number of hydrogen-bond acceptors (Lipinski definition) is 6. The zero-order chi connectivity index (χ0) is 26.7. The summed E-state index contributed by atoms with van der Waals surface area (Å²) in [6.07, 6.45) is 0.872. The van der Waals surface area contributed by atoms with Crippen molar-refractivity contribution >= 4 is 23.7 Å². The van der Waals surface area contributed by atoms with Gasteiger partial charge in [0.1, 0.15) is 24.4 Å². The minimum absolute atomic E-state index is 0.0561. The fourth-order valence-corrected chi connectivity index (χ4v) is 3.47. The third-order valence-electron chi connectivity index (χ3n) is 5.90. The molecule has 194 valence electrons. The topological polar surface area (TPSA) is 171 Å². The maximum Gasteiger partial charge on any atom is 0.322 e. The van der Waals surface area contributed by atoms with Gasteiger partial charge >= 0.3 is 5.97 Å². The zero-order valence-corrected chi connectivity index (χ0v) is 20.4. The Labute approximate surface area is 210 Å². The molecule has 0 bridgehead atoms. The van der Waals surface area contributed by atoms with Gasteiger partial charge in [0.05, 0.1) is 6.04 Å². The Morgan fingerprint density at radius 3 is 1.92 bits per heavy atom. The van der Waals surface area contributed by atoms with E-state index >= 15 is 0 Å². The van der Waals surface area contributed by atoms with Crippen molar-refractivity contribution in [1.82, 2.24) is 16.0 Å². The van der Waals surface area contributed by atoms with E-state index in [9.17, 15) is 24.3 Å². The van der Waals surface area contributed by atoms with Crippen molar-refractivity contribution in [2.24, 2.45) is 11.7 Å². The van der Waals surface area contributed by atoms with Crippen molar-refractivity contribution in [3.05, 3.63) is 65.7 Å². The first-order chi connectivity index (χ1) is 17.1. The van der Waals surface area contributed by atoms with Gasteiger partial charge in [-0.1, -0.05) is 62.7 Å². The number of carbonyl (C=O) groups is 4. The van der Waals surface area contributed by atoms with Crippen LogP contribution in [0.15, 0.2) is 54.6 Å². The number of benzene rings is 2. The molecule has 0 aromatic heterocycles. The van der Waals surface area contributed by atoms with Crippen LogP contribution in [0.3, 0.4) is 0 Å². The molecule has 2 aromatic carbocycles. The quantitative estimate of drug-likeness (QED) is 0.236. The number of nitrogens with two attached hydrogens (primary N) is 1.